The lowest BCUT2D eigenvalue weighted by Gasteiger charge is -2.11. The number of rotatable bonds is 6. The third-order valence-electron chi connectivity index (χ3n) is 3.67. The first-order valence-corrected chi connectivity index (χ1v) is 8.48. The largest absolute Gasteiger partial charge is 0.393 e. The molecule has 1 fully saturated rings. The van der Waals surface area contributed by atoms with E-state index in [-0.39, 0.29) is 12.1 Å². The highest BCUT2D eigenvalue weighted by Gasteiger charge is 2.22. The zero-order valence-corrected chi connectivity index (χ0v) is 13.6. The number of hydrogen-bond donors (Lipinski definition) is 3. The van der Waals surface area contributed by atoms with Gasteiger partial charge in [-0.05, 0) is 31.1 Å². The number of aliphatic hydroxyl groups excluding tert-OH is 1. The fourth-order valence-electron chi connectivity index (χ4n) is 2.57. The van der Waals surface area contributed by atoms with Gasteiger partial charge in [-0.1, -0.05) is 13.8 Å². The average molecular weight is 311 g/mol. The maximum absolute atomic E-state index is 11.7. The molecule has 118 valence electrons. The molecule has 0 bridgehead atoms. The van der Waals surface area contributed by atoms with Crippen LogP contribution in [-0.4, -0.2) is 28.8 Å². The summed E-state index contributed by atoms with van der Waals surface area (Å²) in [4.78, 5) is 17.2. The van der Waals surface area contributed by atoms with E-state index in [2.05, 4.69) is 29.5 Å². The van der Waals surface area contributed by atoms with Crippen molar-refractivity contribution in [2.45, 2.75) is 52.2 Å². The number of aliphatic hydroxyl groups is 1. The number of nitrogens with one attached hydrogen (secondary N) is 2. The third kappa shape index (κ3) is 5.63. The topological polar surface area (TPSA) is 74.2 Å². The van der Waals surface area contributed by atoms with E-state index in [0.29, 0.717) is 24.9 Å². The number of carbonyl (C=O) groups excluding carboxylic acids is 1. The number of nitrogens with zero attached hydrogens (tertiary/aromatic N) is 1. The first kappa shape index (κ1) is 16.2. The van der Waals surface area contributed by atoms with Gasteiger partial charge in [-0.25, -0.2) is 9.78 Å². The molecule has 1 aromatic rings. The molecule has 1 aliphatic rings. The van der Waals surface area contributed by atoms with E-state index in [1.54, 1.807) is 11.3 Å². The predicted octanol–water partition coefficient (Wildman–Crippen LogP) is 2.30. The van der Waals surface area contributed by atoms with Gasteiger partial charge in [0.15, 0.2) is 0 Å². The molecule has 0 radical (unpaired) electrons. The van der Waals surface area contributed by atoms with Gasteiger partial charge >= 0.3 is 6.03 Å². The van der Waals surface area contributed by atoms with Crippen LogP contribution < -0.4 is 10.6 Å². The lowest BCUT2D eigenvalue weighted by atomic mass is 10.1. The first-order valence-electron chi connectivity index (χ1n) is 7.66. The SMILES string of the molecule is CC(C)Cc1ncc(CNC(=O)NC[C@@H]2CC[C@H](O)C2)s1. The highest BCUT2D eigenvalue weighted by molar-refractivity contribution is 7.11. The van der Waals surface area contributed by atoms with E-state index in [1.807, 2.05) is 6.20 Å². The number of carbonyl (C=O) groups is 1. The van der Waals surface area contributed by atoms with E-state index < -0.39 is 0 Å². The van der Waals surface area contributed by atoms with Crippen molar-refractivity contribution in [1.29, 1.82) is 0 Å². The second-order valence-electron chi connectivity index (χ2n) is 6.21. The van der Waals surface area contributed by atoms with Crippen LogP contribution in [0.4, 0.5) is 4.79 Å². The Morgan fingerprint density at radius 1 is 1.48 bits per heavy atom. The summed E-state index contributed by atoms with van der Waals surface area (Å²) in [7, 11) is 0. The van der Waals surface area contributed by atoms with E-state index in [1.165, 1.54) is 0 Å². The van der Waals surface area contributed by atoms with Crippen molar-refractivity contribution in [2.75, 3.05) is 6.54 Å². The van der Waals surface area contributed by atoms with Gasteiger partial charge in [-0.3, -0.25) is 0 Å². The number of aromatic nitrogens is 1. The molecule has 0 aliphatic heterocycles. The van der Waals surface area contributed by atoms with Gasteiger partial charge in [0, 0.05) is 24.0 Å². The van der Waals surface area contributed by atoms with Crippen molar-refractivity contribution in [3.05, 3.63) is 16.1 Å². The lowest BCUT2D eigenvalue weighted by Crippen LogP contribution is -2.37. The van der Waals surface area contributed by atoms with E-state index in [9.17, 15) is 9.90 Å². The monoisotopic (exact) mass is 311 g/mol. The Balaban J connectivity index is 1.65. The molecule has 21 heavy (non-hydrogen) atoms. The lowest BCUT2D eigenvalue weighted by molar-refractivity contribution is 0.177. The fraction of sp³-hybridized carbons (Fsp3) is 0.733. The van der Waals surface area contributed by atoms with Crippen molar-refractivity contribution in [2.24, 2.45) is 11.8 Å². The summed E-state index contributed by atoms with van der Waals surface area (Å²) in [5, 5.41) is 16.3. The Morgan fingerprint density at radius 3 is 2.95 bits per heavy atom. The Kier molecular flexibility index (Phi) is 5.99. The molecule has 2 rings (SSSR count). The van der Waals surface area contributed by atoms with Gasteiger partial charge in [0.25, 0.3) is 0 Å². The van der Waals surface area contributed by atoms with Crippen LogP contribution in [0.1, 0.15) is 43.0 Å². The molecule has 1 saturated carbocycles. The second kappa shape index (κ2) is 7.75. The molecule has 0 aromatic carbocycles. The molecular formula is C15H25N3O2S. The minimum atomic E-state index is -0.184. The van der Waals surface area contributed by atoms with Crippen LogP contribution in [0, 0.1) is 11.8 Å². The fourth-order valence-corrected chi connectivity index (χ4v) is 3.65. The smallest absolute Gasteiger partial charge is 0.315 e. The molecule has 1 aliphatic carbocycles. The average Bonchev–Trinajstić information content (AvgIpc) is 3.02. The molecule has 2 atom stereocenters. The highest BCUT2D eigenvalue weighted by atomic mass is 32.1. The number of thiazole rings is 1. The molecular weight excluding hydrogens is 286 g/mol. The van der Waals surface area contributed by atoms with Crippen molar-refractivity contribution in [1.82, 2.24) is 15.6 Å². The number of hydrogen-bond acceptors (Lipinski definition) is 4. The zero-order chi connectivity index (χ0) is 15.2. The Morgan fingerprint density at radius 2 is 2.29 bits per heavy atom. The van der Waals surface area contributed by atoms with Crippen LogP contribution in [-0.2, 0) is 13.0 Å². The normalized spacial score (nSPS) is 21.7. The quantitative estimate of drug-likeness (QED) is 0.754. The summed E-state index contributed by atoms with van der Waals surface area (Å²) in [6, 6.07) is -0.143. The summed E-state index contributed by atoms with van der Waals surface area (Å²) >= 11 is 1.66. The molecule has 2 amide bonds. The molecule has 0 saturated heterocycles. The van der Waals surface area contributed by atoms with Crippen molar-refractivity contribution in [3.8, 4) is 0 Å². The van der Waals surface area contributed by atoms with Crippen LogP contribution in [0.2, 0.25) is 0 Å². The standard InChI is InChI=1S/C15H25N3O2S/c1-10(2)5-14-16-8-13(21-14)9-18-15(20)17-7-11-3-4-12(19)6-11/h8,10-12,19H,3-7,9H2,1-2H3,(H2,17,18,20)/t11-,12+/m1/s1. The molecule has 3 N–H and O–H groups in total. The van der Waals surface area contributed by atoms with Crippen molar-refractivity contribution >= 4 is 17.4 Å². The number of amides is 2. The third-order valence-corrected chi connectivity index (χ3v) is 4.69. The minimum Gasteiger partial charge on any atom is -0.393 e. The summed E-state index contributed by atoms with van der Waals surface area (Å²) in [5.74, 6) is 1.01. The summed E-state index contributed by atoms with van der Waals surface area (Å²) < 4.78 is 0. The van der Waals surface area contributed by atoms with Crippen LogP contribution in [0.15, 0.2) is 6.20 Å². The maximum atomic E-state index is 11.7. The molecule has 1 heterocycles. The Hall–Kier alpha value is -1.14. The van der Waals surface area contributed by atoms with Crippen LogP contribution in [0.3, 0.4) is 0 Å². The Bertz CT molecular complexity index is 462. The second-order valence-corrected chi connectivity index (χ2v) is 7.41. The molecule has 5 nitrogen and oxygen atoms in total. The summed E-state index contributed by atoms with van der Waals surface area (Å²) in [6.45, 7) is 5.51. The minimum absolute atomic E-state index is 0.143. The van der Waals surface area contributed by atoms with Crippen LogP contribution in [0.25, 0.3) is 0 Å². The van der Waals surface area contributed by atoms with Gasteiger partial charge in [-0.15, -0.1) is 11.3 Å². The van der Waals surface area contributed by atoms with Crippen molar-refractivity contribution < 1.29 is 9.90 Å². The Labute approximate surface area is 130 Å². The van der Waals surface area contributed by atoms with E-state index in [0.717, 1.165) is 35.6 Å². The zero-order valence-electron chi connectivity index (χ0n) is 12.8. The first-order chi connectivity index (χ1) is 10.0. The van der Waals surface area contributed by atoms with Crippen LogP contribution in [0.5, 0.6) is 0 Å². The molecule has 6 heteroatoms. The summed E-state index contributed by atoms with van der Waals surface area (Å²) in [6.07, 6.45) is 5.30. The van der Waals surface area contributed by atoms with E-state index >= 15 is 0 Å². The van der Waals surface area contributed by atoms with Gasteiger partial charge in [0.05, 0.1) is 17.7 Å². The van der Waals surface area contributed by atoms with Gasteiger partial charge in [0.1, 0.15) is 0 Å². The molecule has 1 aromatic heterocycles. The maximum Gasteiger partial charge on any atom is 0.315 e. The number of urea groups is 1. The van der Waals surface area contributed by atoms with Crippen LogP contribution >= 0.6 is 11.3 Å². The van der Waals surface area contributed by atoms with Gasteiger partial charge in [0.2, 0.25) is 0 Å². The summed E-state index contributed by atoms with van der Waals surface area (Å²) in [5.41, 5.74) is 0. The molecule has 0 unspecified atom stereocenters. The van der Waals surface area contributed by atoms with Gasteiger partial charge < -0.3 is 15.7 Å². The van der Waals surface area contributed by atoms with Crippen molar-refractivity contribution in [3.63, 3.8) is 0 Å². The predicted molar refractivity (Wildman–Crippen MR) is 84.2 cm³/mol. The van der Waals surface area contributed by atoms with E-state index in [4.69, 9.17) is 0 Å². The highest BCUT2D eigenvalue weighted by Crippen LogP contribution is 2.24. The van der Waals surface area contributed by atoms with Gasteiger partial charge in [-0.2, -0.15) is 0 Å². The molecule has 0 spiro atoms.